The van der Waals surface area contributed by atoms with Crippen LogP contribution in [0.15, 0.2) is 29.0 Å². The summed E-state index contributed by atoms with van der Waals surface area (Å²) in [6, 6.07) is 0. The molecule has 0 atom stereocenters. The molecule has 0 aliphatic rings. The van der Waals surface area contributed by atoms with Crippen LogP contribution in [0.1, 0.15) is 0 Å². The SMILES string of the molecule is FSc1c(Br)c(SF)c(SF)c(SF)c1SF. The van der Waals surface area contributed by atoms with E-state index in [0.717, 1.165) is 0 Å². The van der Waals surface area contributed by atoms with Gasteiger partial charge in [0.25, 0.3) is 0 Å². The molecule has 0 amide bonds. The van der Waals surface area contributed by atoms with E-state index >= 15 is 0 Å². The predicted molar refractivity (Wildman–Crippen MR) is 69.0 cm³/mol. The van der Waals surface area contributed by atoms with Crippen LogP contribution in [-0.2, 0) is 0 Å². The largest absolute Gasteiger partial charge is 0.159 e. The van der Waals surface area contributed by atoms with Crippen molar-refractivity contribution in [3.63, 3.8) is 0 Å². The maximum Gasteiger partial charge on any atom is 0.0838 e. The van der Waals surface area contributed by atoms with Crippen LogP contribution in [-0.4, -0.2) is 0 Å². The van der Waals surface area contributed by atoms with Gasteiger partial charge in [-0.2, -0.15) is 19.4 Å². The Hall–Kier alpha value is 1.10. The molecule has 0 fully saturated rings. The molecular weight excluding hydrogens is 407 g/mol. The summed E-state index contributed by atoms with van der Waals surface area (Å²) in [7, 11) is 0. The zero-order chi connectivity index (χ0) is 13.0. The fourth-order valence-electron chi connectivity index (χ4n) is 0.960. The molecule has 0 bridgehead atoms. The highest BCUT2D eigenvalue weighted by molar-refractivity contribution is 9.10. The summed E-state index contributed by atoms with van der Waals surface area (Å²) in [4.78, 5) is -1.97. The number of halogens is 6. The molecule has 0 aliphatic heterocycles. The fraction of sp³-hybridized carbons (Fsp3) is 0. The lowest BCUT2D eigenvalue weighted by molar-refractivity contribution is 0.819. The van der Waals surface area contributed by atoms with Gasteiger partial charge in [-0.3, -0.25) is 0 Å². The minimum atomic E-state index is -0.478. The summed E-state index contributed by atoms with van der Waals surface area (Å²) in [5.41, 5.74) is 0. The molecular formula is C6BrF5S5. The Bertz CT molecular complexity index is 383. The summed E-state index contributed by atoms with van der Waals surface area (Å²) in [6.07, 6.45) is 0. The van der Waals surface area contributed by atoms with Crippen LogP contribution in [0.2, 0.25) is 0 Å². The third-order valence-corrected chi connectivity index (χ3v) is 6.26. The van der Waals surface area contributed by atoms with Gasteiger partial charge in [0.2, 0.25) is 0 Å². The van der Waals surface area contributed by atoms with Crippen molar-refractivity contribution in [3.05, 3.63) is 4.47 Å². The van der Waals surface area contributed by atoms with Gasteiger partial charge in [-0.15, -0.1) is 0 Å². The highest BCUT2D eigenvalue weighted by atomic mass is 79.9. The fourth-order valence-corrected chi connectivity index (χ4v) is 4.72. The molecule has 0 heterocycles. The maximum atomic E-state index is 12.7. The van der Waals surface area contributed by atoms with Crippen LogP contribution in [0.3, 0.4) is 0 Å². The molecule has 0 aromatic heterocycles. The van der Waals surface area contributed by atoms with E-state index in [-0.39, 0.29) is 38.6 Å². The standard InChI is InChI=1S/C6BrF5S5/c7-1-2(13-8)4(15-10)6(17-12)5(16-11)3(1)14-9. The van der Waals surface area contributed by atoms with Crippen molar-refractivity contribution in [2.24, 2.45) is 0 Å². The second kappa shape index (κ2) is 7.63. The molecule has 0 saturated carbocycles. The maximum absolute atomic E-state index is 12.7. The second-order valence-electron chi connectivity index (χ2n) is 2.35. The number of hydrogen-bond acceptors (Lipinski definition) is 5. The van der Waals surface area contributed by atoms with Crippen molar-refractivity contribution in [3.8, 4) is 0 Å². The number of rotatable bonds is 5. The van der Waals surface area contributed by atoms with E-state index in [4.69, 9.17) is 0 Å². The molecule has 0 radical (unpaired) electrons. The van der Waals surface area contributed by atoms with Crippen molar-refractivity contribution in [1.82, 2.24) is 0 Å². The second-order valence-corrected chi connectivity index (χ2v) is 5.95. The van der Waals surface area contributed by atoms with Crippen molar-refractivity contribution in [2.45, 2.75) is 24.5 Å². The number of hydrogen-bond donors (Lipinski definition) is 0. The van der Waals surface area contributed by atoms with Gasteiger partial charge in [0.1, 0.15) is 0 Å². The lowest BCUT2D eigenvalue weighted by Crippen LogP contribution is -1.90. The van der Waals surface area contributed by atoms with Crippen LogP contribution in [0.4, 0.5) is 19.4 Å². The Morgan fingerprint density at radius 1 is 0.529 bits per heavy atom. The summed E-state index contributed by atoms with van der Waals surface area (Å²) in [5.74, 6) is 0. The normalized spacial score (nSPS) is 10.9. The van der Waals surface area contributed by atoms with E-state index in [0.29, 0.717) is 0 Å². The van der Waals surface area contributed by atoms with E-state index < -0.39 is 51.1 Å². The topological polar surface area (TPSA) is 0 Å². The van der Waals surface area contributed by atoms with Crippen LogP contribution in [0.25, 0.3) is 0 Å². The van der Waals surface area contributed by atoms with Crippen molar-refractivity contribution >= 4 is 76.7 Å². The van der Waals surface area contributed by atoms with Crippen LogP contribution >= 0.6 is 76.7 Å². The molecule has 0 unspecified atom stereocenters. The summed E-state index contributed by atoms with van der Waals surface area (Å²) >= 11 is 0.764. The van der Waals surface area contributed by atoms with Crippen molar-refractivity contribution in [1.29, 1.82) is 0 Å². The van der Waals surface area contributed by atoms with Gasteiger partial charge in [-0.1, -0.05) is 0 Å². The summed E-state index contributed by atoms with van der Waals surface area (Å²) < 4.78 is 63.1. The van der Waals surface area contributed by atoms with E-state index in [2.05, 4.69) is 15.9 Å². The Balaban J connectivity index is 3.66. The van der Waals surface area contributed by atoms with Crippen LogP contribution in [0.5, 0.6) is 0 Å². The molecule has 0 spiro atoms. The molecule has 0 saturated heterocycles. The predicted octanol–water partition coefficient (Wildman–Crippen LogP) is 7.33. The Labute approximate surface area is 124 Å². The van der Waals surface area contributed by atoms with Crippen molar-refractivity contribution < 1.29 is 19.4 Å². The molecule has 1 aromatic carbocycles. The Morgan fingerprint density at radius 2 is 0.765 bits per heavy atom. The van der Waals surface area contributed by atoms with E-state index in [1.165, 1.54) is 0 Å². The first-order chi connectivity index (χ1) is 8.15. The van der Waals surface area contributed by atoms with Gasteiger partial charge in [-0.05, 0) is 15.9 Å². The molecule has 0 aliphatic carbocycles. The summed E-state index contributed by atoms with van der Waals surface area (Å²) in [6.45, 7) is 0. The van der Waals surface area contributed by atoms with Crippen LogP contribution in [0, 0.1) is 0 Å². The zero-order valence-electron chi connectivity index (χ0n) is 7.31. The smallest absolute Gasteiger partial charge is 0.0838 e. The van der Waals surface area contributed by atoms with E-state index in [9.17, 15) is 19.4 Å². The first-order valence-corrected chi connectivity index (χ1v) is 7.86. The highest BCUT2D eigenvalue weighted by Crippen LogP contribution is 2.53. The first kappa shape index (κ1) is 16.2. The Morgan fingerprint density at radius 3 is 1.00 bits per heavy atom. The van der Waals surface area contributed by atoms with E-state index in [1.807, 2.05) is 0 Å². The zero-order valence-corrected chi connectivity index (χ0v) is 13.0. The molecule has 96 valence electrons. The molecule has 17 heavy (non-hydrogen) atoms. The van der Waals surface area contributed by atoms with Gasteiger partial charge in [-0.25, -0.2) is 0 Å². The minimum Gasteiger partial charge on any atom is -0.159 e. The summed E-state index contributed by atoms with van der Waals surface area (Å²) in [5, 5.41) is 0. The average Bonchev–Trinajstić information content (AvgIpc) is 2.36. The van der Waals surface area contributed by atoms with E-state index in [1.54, 1.807) is 0 Å². The van der Waals surface area contributed by atoms with Gasteiger partial charge in [0.15, 0.2) is 0 Å². The number of benzene rings is 1. The highest BCUT2D eigenvalue weighted by Gasteiger charge is 2.26. The lowest BCUT2D eigenvalue weighted by Gasteiger charge is -2.13. The lowest BCUT2D eigenvalue weighted by atomic mass is 10.3. The molecule has 1 rings (SSSR count). The van der Waals surface area contributed by atoms with Crippen molar-refractivity contribution in [2.75, 3.05) is 0 Å². The third kappa shape index (κ3) is 3.16. The molecule has 11 heteroatoms. The molecule has 0 N–H and O–H groups in total. The minimum absolute atomic E-state index is 0.143. The van der Waals surface area contributed by atoms with Gasteiger partial charge < -0.3 is 0 Å². The molecule has 1 aromatic rings. The van der Waals surface area contributed by atoms with Gasteiger partial charge in [0.05, 0.1) is 89.7 Å². The average molecular weight is 407 g/mol. The van der Waals surface area contributed by atoms with Crippen LogP contribution < -0.4 is 0 Å². The first-order valence-electron chi connectivity index (χ1n) is 3.48. The molecule has 0 nitrogen and oxygen atoms in total. The van der Waals surface area contributed by atoms with Gasteiger partial charge >= 0.3 is 0 Å². The van der Waals surface area contributed by atoms with Gasteiger partial charge in [0, 0.05) is 0 Å². The monoisotopic (exact) mass is 406 g/mol. The Kier molecular flexibility index (Phi) is 7.25. The quantitative estimate of drug-likeness (QED) is 0.467. The third-order valence-electron chi connectivity index (χ3n) is 1.61.